The molecule has 0 aromatic heterocycles. The van der Waals surface area contributed by atoms with Crippen LogP contribution in [0.1, 0.15) is 29.9 Å². The van der Waals surface area contributed by atoms with Crippen LogP contribution >= 0.6 is 0 Å². The Kier molecular flexibility index (Phi) is 5.64. The SMILES string of the molecule is COC(=O)C(CCCc1ccc(F)cc1)c1ccc(F)cc1. The molecule has 4 heteroatoms. The molecule has 2 rings (SSSR count). The Labute approximate surface area is 128 Å². The maximum atomic E-state index is 13.0. The van der Waals surface area contributed by atoms with Crippen LogP contribution in [-0.2, 0) is 16.0 Å². The van der Waals surface area contributed by atoms with E-state index in [0.717, 1.165) is 24.0 Å². The van der Waals surface area contributed by atoms with Crippen molar-refractivity contribution >= 4 is 5.97 Å². The Morgan fingerprint density at radius 3 is 2.09 bits per heavy atom. The van der Waals surface area contributed by atoms with E-state index in [2.05, 4.69) is 0 Å². The number of esters is 1. The van der Waals surface area contributed by atoms with E-state index in [1.807, 2.05) is 0 Å². The van der Waals surface area contributed by atoms with Gasteiger partial charge in [-0.15, -0.1) is 0 Å². The minimum absolute atomic E-state index is 0.262. The Morgan fingerprint density at radius 1 is 1.00 bits per heavy atom. The van der Waals surface area contributed by atoms with Gasteiger partial charge in [-0.1, -0.05) is 24.3 Å². The number of methoxy groups -OCH3 is 1. The van der Waals surface area contributed by atoms with Gasteiger partial charge in [0.2, 0.25) is 0 Å². The number of rotatable bonds is 6. The molecule has 0 amide bonds. The van der Waals surface area contributed by atoms with Gasteiger partial charge in [0.15, 0.2) is 0 Å². The van der Waals surface area contributed by atoms with Crippen LogP contribution in [-0.4, -0.2) is 13.1 Å². The van der Waals surface area contributed by atoms with Gasteiger partial charge in [-0.25, -0.2) is 8.78 Å². The molecular weight excluding hydrogens is 286 g/mol. The third kappa shape index (κ3) is 4.38. The second kappa shape index (κ2) is 7.69. The van der Waals surface area contributed by atoms with Crippen LogP contribution < -0.4 is 0 Å². The summed E-state index contributed by atoms with van der Waals surface area (Å²) in [6, 6.07) is 12.2. The molecule has 2 nitrogen and oxygen atoms in total. The molecule has 0 heterocycles. The van der Waals surface area contributed by atoms with Crippen LogP contribution in [0.2, 0.25) is 0 Å². The van der Waals surface area contributed by atoms with Gasteiger partial charge in [0, 0.05) is 0 Å². The van der Waals surface area contributed by atoms with Gasteiger partial charge in [-0.3, -0.25) is 4.79 Å². The second-order valence-corrected chi connectivity index (χ2v) is 5.15. The van der Waals surface area contributed by atoms with Crippen molar-refractivity contribution in [3.8, 4) is 0 Å². The van der Waals surface area contributed by atoms with Crippen molar-refractivity contribution in [2.45, 2.75) is 25.2 Å². The summed E-state index contributed by atoms with van der Waals surface area (Å²) in [5.74, 6) is -1.34. The minimum atomic E-state index is -0.411. The topological polar surface area (TPSA) is 26.3 Å². The van der Waals surface area contributed by atoms with Gasteiger partial charge in [-0.05, 0) is 54.7 Å². The molecule has 116 valence electrons. The summed E-state index contributed by atoms with van der Waals surface area (Å²) in [7, 11) is 1.35. The zero-order chi connectivity index (χ0) is 15.9. The molecule has 0 aliphatic carbocycles. The van der Waals surface area contributed by atoms with E-state index in [4.69, 9.17) is 4.74 Å². The van der Waals surface area contributed by atoms with Crippen LogP contribution in [0, 0.1) is 11.6 Å². The van der Waals surface area contributed by atoms with E-state index in [9.17, 15) is 13.6 Å². The fourth-order valence-electron chi connectivity index (χ4n) is 2.42. The zero-order valence-corrected chi connectivity index (χ0v) is 12.4. The van der Waals surface area contributed by atoms with Crippen LogP contribution in [0.3, 0.4) is 0 Å². The molecule has 1 atom stereocenters. The molecular formula is C18H18F2O2. The maximum absolute atomic E-state index is 13.0. The van der Waals surface area contributed by atoms with Crippen molar-refractivity contribution < 1.29 is 18.3 Å². The maximum Gasteiger partial charge on any atom is 0.313 e. The van der Waals surface area contributed by atoms with Crippen molar-refractivity contribution in [1.82, 2.24) is 0 Å². The van der Waals surface area contributed by atoms with E-state index >= 15 is 0 Å². The third-order valence-electron chi connectivity index (χ3n) is 3.63. The molecule has 0 saturated carbocycles. The first kappa shape index (κ1) is 16.1. The lowest BCUT2D eigenvalue weighted by Gasteiger charge is -2.15. The van der Waals surface area contributed by atoms with Crippen LogP contribution in [0.15, 0.2) is 48.5 Å². The highest BCUT2D eigenvalue weighted by Gasteiger charge is 2.21. The fourth-order valence-corrected chi connectivity index (χ4v) is 2.42. The lowest BCUT2D eigenvalue weighted by atomic mass is 9.92. The monoisotopic (exact) mass is 304 g/mol. The first-order valence-electron chi connectivity index (χ1n) is 7.18. The number of hydrogen-bond acceptors (Lipinski definition) is 2. The lowest BCUT2D eigenvalue weighted by Crippen LogP contribution is -2.14. The number of hydrogen-bond donors (Lipinski definition) is 0. The molecule has 0 aliphatic heterocycles. The van der Waals surface area contributed by atoms with Gasteiger partial charge in [0.1, 0.15) is 11.6 Å². The number of carbonyl (C=O) groups excluding carboxylic acids is 1. The van der Waals surface area contributed by atoms with E-state index in [1.165, 1.54) is 31.4 Å². The molecule has 0 aliphatic rings. The highest BCUT2D eigenvalue weighted by molar-refractivity contribution is 5.77. The first-order valence-corrected chi connectivity index (χ1v) is 7.18. The van der Waals surface area contributed by atoms with E-state index < -0.39 is 5.92 Å². The second-order valence-electron chi connectivity index (χ2n) is 5.15. The van der Waals surface area contributed by atoms with Gasteiger partial charge in [0.25, 0.3) is 0 Å². The van der Waals surface area contributed by atoms with Crippen molar-refractivity contribution in [1.29, 1.82) is 0 Å². The summed E-state index contributed by atoms with van der Waals surface area (Å²) in [6.45, 7) is 0. The predicted molar refractivity (Wildman–Crippen MR) is 80.5 cm³/mol. The standard InChI is InChI=1S/C18H18F2O2/c1-22-18(21)17(14-7-11-16(20)12-8-14)4-2-3-13-5-9-15(19)10-6-13/h5-12,17H,2-4H2,1H3. The summed E-state index contributed by atoms with van der Waals surface area (Å²) >= 11 is 0. The quantitative estimate of drug-likeness (QED) is 0.746. The van der Waals surface area contributed by atoms with Crippen LogP contribution in [0.4, 0.5) is 8.78 Å². The number of halogens is 2. The Morgan fingerprint density at radius 2 is 1.55 bits per heavy atom. The normalized spacial score (nSPS) is 12.0. The van der Waals surface area contributed by atoms with Gasteiger partial charge >= 0.3 is 5.97 Å². The molecule has 0 spiro atoms. The number of carbonyl (C=O) groups is 1. The zero-order valence-electron chi connectivity index (χ0n) is 12.4. The molecule has 22 heavy (non-hydrogen) atoms. The average Bonchev–Trinajstić information content (AvgIpc) is 2.54. The van der Waals surface area contributed by atoms with Crippen LogP contribution in [0.5, 0.6) is 0 Å². The third-order valence-corrected chi connectivity index (χ3v) is 3.63. The molecule has 2 aromatic carbocycles. The molecule has 0 radical (unpaired) electrons. The van der Waals surface area contributed by atoms with E-state index in [-0.39, 0.29) is 17.6 Å². The van der Waals surface area contributed by atoms with Gasteiger partial charge in [0.05, 0.1) is 13.0 Å². The summed E-state index contributed by atoms with van der Waals surface area (Å²) < 4.78 is 30.7. The van der Waals surface area contributed by atoms with Gasteiger partial charge < -0.3 is 4.74 Å². The van der Waals surface area contributed by atoms with Gasteiger partial charge in [-0.2, -0.15) is 0 Å². The van der Waals surface area contributed by atoms with Crippen molar-refractivity contribution in [2.75, 3.05) is 7.11 Å². The predicted octanol–water partition coefficient (Wildman–Crippen LogP) is 4.24. The van der Waals surface area contributed by atoms with E-state index in [1.54, 1.807) is 24.3 Å². The molecule has 0 N–H and O–H groups in total. The molecule has 2 aromatic rings. The molecule has 0 bridgehead atoms. The summed E-state index contributed by atoms with van der Waals surface area (Å²) in [6.07, 6.45) is 2.09. The molecule has 0 saturated heterocycles. The van der Waals surface area contributed by atoms with Crippen LogP contribution in [0.25, 0.3) is 0 Å². The number of benzene rings is 2. The van der Waals surface area contributed by atoms with Crippen molar-refractivity contribution in [3.63, 3.8) is 0 Å². The smallest absolute Gasteiger partial charge is 0.313 e. The molecule has 1 unspecified atom stereocenters. The van der Waals surface area contributed by atoms with E-state index in [0.29, 0.717) is 6.42 Å². The highest BCUT2D eigenvalue weighted by Crippen LogP contribution is 2.24. The number of aryl methyl sites for hydroxylation is 1. The van der Waals surface area contributed by atoms with Crippen molar-refractivity contribution in [2.24, 2.45) is 0 Å². The lowest BCUT2D eigenvalue weighted by molar-refractivity contribution is -0.142. The summed E-state index contributed by atoms with van der Waals surface area (Å²) in [5.41, 5.74) is 1.76. The number of ether oxygens (including phenoxy) is 1. The first-order chi connectivity index (χ1) is 10.6. The average molecular weight is 304 g/mol. The Balaban J connectivity index is 1.99. The highest BCUT2D eigenvalue weighted by atomic mass is 19.1. The van der Waals surface area contributed by atoms with Crippen molar-refractivity contribution in [3.05, 3.63) is 71.3 Å². The minimum Gasteiger partial charge on any atom is -0.469 e. The summed E-state index contributed by atoms with van der Waals surface area (Å²) in [4.78, 5) is 11.9. The Bertz CT molecular complexity index is 606. The molecule has 0 fully saturated rings. The Hall–Kier alpha value is -2.23. The fraction of sp³-hybridized carbons (Fsp3) is 0.278. The summed E-state index contributed by atoms with van der Waals surface area (Å²) in [5, 5.41) is 0. The largest absolute Gasteiger partial charge is 0.469 e.